The Bertz CT molecular complexity index is 376. The van der Waals surface area contributed by atoms with Crippen LogP contribution in [0.25, 0.3) is 0 Å². The summed E-state index contributed by atoms with van der Waals surface area (Å²) in [5, 5.41) is 4.92. The molecule has 0 aliphatic heterocycles. The molecule has 0 atom stereocenters. The summed E-state index contributed by atoms with van der Waals surface area (Å²) in [6.07, 6.45) is 0. The monoisotopic (exact) mass is 237 g/mol. The van der Waals surface area contributed by atoms with Crippen molar-refractivity contribution in [3.63, 3.8) is 0 Å². The number of hydrogen-bond donors (Lipinski definition) is 3. The van der Waals surface area contributed by atoms with Crippen LogP contribution in [0.3, 0.4) is 0 Å². The van der Waals surface area contributed by atoms with Crippen LogP contribution in [0.4, 0.5) is 5.69 Å². The zero-order valence-electron chi connectivity index (χ0n) is 7.52. The fourth-order valence-electron chi connectivity index (χ4n) is 0.872. The normalized spacial score (nSPS) is 10.4. The Hall–Kier alpha value is -0.820. The van der Waals surface area contributed by atoms with Crippen LogP contribution < -0.4 is 16.0 Å². The minimum Gasteiger partial charge on any atom is -0.322 e. The van der Waals surface area contributed by atoms with Crippen LogP contribution >= 0.6 is 12.4 Å². The van der Waals surface area contributed by atoms with Crippen LogP contribution in [0.15, 0.2) is 29.2 Å². The lowest BCUT2D eigenvalue weighted by Gasteiger charge is -2.03. The van der Waals surface area contributed by atoms with Gasteiger partial charge in [0.25, 0.3) is 0 Å². The van der Waals surface area contributed by atoms with E-state index >= 15 is 0 Å². The number of rotatable bonds is 3. The molecule has 0 saturated carbocycles. The molecule has 0 aliphatic rings. The number of hydrogen-bond acceptors (Lipinski definition) is 4. The van der Waals surface area contributed by atoms with Gasteiger partial charge >= 0.3 is 0 Å². The molecule has 0 bridgehead atoms. The first kappa shape index (κ1) is 13.2. The van der Waals surface area contributed by atoms with Crippen LogP contribution in [-0.4, -0.2) is 15.5 Å². The van der Waals surface area contributed by atoms with Crippen molar-refractivity contribution in [2.45, 2.75) is 4.90 Å². The smallest absolute Gasteiger partial charge is 0.238 e. The quantitative estimate of drug-likeness (QED) is 0.661. The van der Waals surface area contributed by atoms with Crippen molar-refractivity contribution in [3.05, 3.63) is 24.3 Å². The highest BCUT2D eigenvalue weighted by Crippen LogP contribution is 2.11. The van der Waals surface area contributed by atoms with E-state index in [4.69, 9.17) is 5.14 Å². The first-order chi connectivity index (χ1) is 6.04. The zero-order chi connectivity index (χ0) is 9.90. The zero-order valence-corrected chi connectivity index (χ0v) is 9.15. The summed E-state index contributed by atoms with van der Waals surface area (Å²) >= 11 is 0. The molecule has 0 saturated heterocycles. The summed E-state index contributed by atoms with van der Waals surface area (Å²) in [4.78, 5) is 0.106. The Kier molecular flexibility index (Phi) is 4.86. The molecule has 4 N–H and O–H groups in total. The van der Waals surface area contributed by atoms with Gasteiger partial charge in [-0.3, -0.25) is 0 Å². The Morgan fingerprint density at radius 2 is 1.71 bits per heavy atom. The van der Waals surface area contributed by atoms with Crippen LogP contribution in [0, 0.1) is 0 Å². The van der Waals surface area contributed by atoms with Gasteiger partial charge in [-0.2, -0.15) is 0 Å². The molecule has 80 valence electrons. The third-order valence-corrected chi connectivity index (χ3v) is 2.38. The summed E-state index contributed by atoms with van der Waals surface area (Å²) < 4.78 is 21.7. The molecule has 1 aromatic rings. The van der Waals surface area contributed by atoms with Crippen molar-refractivity contribution in [1.29, 1.82) is 0 Å². The second-order valence-electron chi connectivity index (χ2n) is 2.44. The number of primary sulfonamides is 1. The lowest BCUT2D eigenvalue weighted by molar-refractivity contribution is 0.598. The third kappa shape index (κ3) is 3.51. The van der Waals surface area contributed by atoms with Gasteiger partial charge in [0.2, 0.25) is 10.0 Å². The number of anilines is 1. The molecular formula is C7H12ClN3O2S. The lowest BCUT2D eigenvalue weighted by atomic mass is 10.3. The SMILES string of the molecule is CNNc1ccc(S(N)(=O)=O)cc1.Cl. The first-order valence-electron chi connectivity index (χ1n) is 3.59. The molecule has 0 radical (unpaired) electrons. The molecule has 0 spiro atoms. The second kappa shape index (κ2) is 5.16. The number of hydrazine groups is 1. The molecule has 1 aromatic carbocycles. The number of halogens is 1. The molecule has 0 aliphatic carbocycles. The van der Waals surface area contributed by atoms with Gasteiger partial charge in [-0.05, 0) is 24.3 Å². The topological polar surface area (TPSA) is 84.2 Å². The Morgan fingerprint density at radius 1 is 1.21 bits per heavy atom. The van der Waals surface area contributed by atoms with Crippen molar-refractivity contribution in [2.24, 2.45) is 5.14 Å². The first-order valence-corrected chi connectivity index (χ1v) is 5.14. The average molecular weight is 238 g/mol. The number of sulfonamides is 1. The van der Waals surface area contributed by atoms with Crippen molar-refractivity contribution >= 4 is 28.1 Å². The van der Waals surface area contributed by atoms with Gasteiger partial charge in [-0.15, -0.1) is 12.4 Å². The van der Waals surface area contributed by atoms with E-state index in [1.807, 2.05) is 0 Å². The maximum Gasteiger partial charge on any atom is 0.238 e. The van der Waals surface area contributed by atoms with E-state index in [-0.39, 0.29) is 17.3 Å². The Labute approximate surface area is 89.1 Å². The van der Waals surface area contributed by atoms with E-state index in [0.717, 1.165) is 5.69 Å². The highest BCUT2D eigenvalue weighted by molar-refractivity contribution is 7.89. The van der Waals surface area contributed by atoms with Crippen molar-refractivity contribution in [3.8, 4) is 0 Å². The molecular weight excluding hydrogens is 226 g/mol. The van der Waals surface area contributed by atoms with E-state index in [2.05, 4.69) is 10.9 Å². The Balaban J connectivity index is 0.00000169. The number of nitrogens with one attached hydrogen (secondary N) is 2. The van der Waals surface area contributed by atoms with E-state index in [1.54, 1.807) is 19.2 Å². The molecule has 0 amide bonds. The van der Waals surface area contributed by atoms with Crippen LogP contribution in [0.2, 0.25) is 0 Å². The predicted octanol–water partition coefficient (Wildman–Crippen LogP) is 0.302. The molecule has 0 heterocycles. The predicted molar refractivity (Wildman–Crippen MR) is 57.7 cm³/mol. The van der Waals surface area contributed by atoms with Gasteiger partial charge < -0.3 is 5.43 Å². The lowest BCUT2D eigenvalue weighted by Crippen LogP contribution is -2.15. The number of benzene rings is 1. The van der Waals surface area contributed by atoms with Crippen molar-refractivity contribution in [1.82, 2.24) is 5.43 Å². The second-order valence-corrected chi connectivity index (χ2v) is 4.01. The van der Waals surface area contributed by atoms with Gasteiger partial charge in [0.05, 0.1) is 4.90 Å². The van der Waals surface area contributed by atoms with Gasteiger partial charge in [-0.1, -0.05) is 0 Å². The maximum atomic E-state index is 10.8. The van der Waals surface area contributed by atoms with Gasteiger partial charge in [0.1, 0.15) is 0 Å². The fraction of sp³-hybridized carbons (Fsp3) is 0.143. The summed E-state index contributed by atoms with van der Waals surface area (Å²) in [5.74, 6) is 0. The summed E-state index contributed by atoms with van der Waals surface area (Å²) in [7, 11) is -1.87. The molecule has 5 nitrogen and oxygen atoms in total. The standard InChI is InChI=1S/C7H11N3O2S.ClH/c1-9-10-6-2-4-7(5-3-6)13(8,11)12;/h2-5,9-10H,1H3,(H2,8,11,12);1H. The highest BCUT2D eigenvalue weighted by Gasteiger charge is 2.05. The third-order valence-electron chi connectivity index (χ3n) is 1.45. The van der Waals surface area contributed by atoms with Gasteiger partial charge in [0.15, 0.2) is 0 Å². The minimum atomic E-state index is -3.58. The van der Waals surface area contributed by atoms with E-state index in [0.29, 0.717) is 0 Å². The molecule has 14 heavy (non-hydrogen) atoms. The summed E-state index contributed by atoms with van der Waals surface area (Å²) in [6, 6.07) is 6.12. The van der Waals surface area contributed by atoms with E-state index < -0.39 is 10.0 Å². The molecule has 0 aromatic heterocycles. The maximum absolute atomic E-state index is 10.8. The molecule has 7 heteroatoms. The molecule has 1 rings (SSSR count). The van der Waals surface area contributed by atoms with Crippen LogP contribution in [0.1, 0.15) is 0 Å². The fourth-order valence-corrected chi connectivity index (χ4v) is 1.39. The molecule has 0 unspecified atom stereocenters. The van der Waals surface area contributed by atoms with Crippen molar-refractivity contribution < 1.29 is 8.42 Å². The van der Waals surface area contributed by atoms with Gasteiger partial charge in [-0.25, -0.2) is 19.0 Å². The summed E-state index contributed by atoms with van der Waals surface area (Å²) in [5.41, 5.74) is 6.29. The van der Waals surface area contributed by atoms with E-state index in [1.165, 1.54) is 12.1 Å². The molecule has 0 fully saturated rings. The largest absolute Gasteiger partial charge is 0.322 e. The Morgan fingerprint density at radius 3 is 2.07 bits per heavy atom. The van der Waals surface area contributed by atoms with Gasteiger partial charge in [0, 0.05) is 12.7 Å². The minimum absolute atomic E-state index is 0. The summed E-state index contributed by atoms with van der Waals surface area (Å²) in [6.45, 7) is 0. The van der Waals surface area contributed by atoms with Crippen LogP contribution in [-0.2, 0) is 10.0 Å². The number of nitrogens with two attached hydrogens (primary N) is 1. The highest BCUT2D eigenvalue weighted by atomic mass is 35.5. The average Bonchev–Trinajstić information content (AvgIpc) is 2.04. The van der Waals surface area contributed by atoms with Crippen molar-refractivity contribution in [2.75, 3.05) is 12.5 Å². The van der Waals surface area contributed by atoms with E-state index in [9.17, 15) is 8.42 Å². The van der Waals surface area contributed by atoms with Crippen LogP contribution in [0.5, 0.6) is 0 Å².